The molecule has 1 fully saturated rings. The molecule has 28 heavy (non-hydrogen) atoms. The largest absolute Gasteiger partial charge is 0.415 e. The molecular formula is C21H34N3O2SSi. The molecule has 3 unspecified atom stereocenters. The van der Waals surface area contributed by atoms with Crippen LogP contribution in [0.5, 0.6) is 0 Å². The van der Waals surface area contributed by atoms with E-state index in [1.54, 1.807) is 18.0 Å². The fourth-order valence-electron chi connectivity index (χ4n) is 3.47. The van der Waals surface area contributed by atoms with Crippen LogP contribution in [0.1, 0.15) is 52.0 Å². The summed E-state index contributed by atoms with van der Waals surface area (Å²) < 4.78 is 5.62. The van der Waals surface area contributed by atoms with Crippen molar-refractivity contribution in [2.75, 3.05) is 27.2 Å². The van der Waals surface area contributed by atoms with Crippen LogP contribution in [-0.4, -0.2) is 69.7 Å². The summed E-state index contributed by atoms with van der Waals surface area (Å²) in [5, 5.41) is -0.116. The number of hydrogen-bond acceptors (Lipinski definition) is 5. The van der Waals surface area contributed by atoms with E-state index in [4.69, 9.17) is 4.43 Å². The third kappa shape index (κ3) is 5.59. The maximum atomic E-state index is 13.5. The molecule has 1 amide bonds. The summed E-state index contributed by atoms with van der Waals surface area (Å²) in [7, 11) is 7.34. The molecule has 1 aromatic heterocycles. The molecule has 1 saturated heterocycles. The molecule has 0 bridgehead atoms. The Morgan fingerprint density at radius 1 is 1.32 bits per heavy atom. The van der Waals surface area contributed by atoms with Gasteiger partial charge >= 0.3 is 0 Å². The van der Waals surface area contributed by atoms with Gasteiger partial charge in [0, 0.05) is 37.2 Å². The summed E-state index contributed by atoms with van der Waals surface area (Å²) in [6, 6.07) is 4.01. The van der Waals surface area contributed by atoms with Crippen molar-refractivity contribution in [3.8, 4) is 0 Å². The number of amides is 1. The second kappa shape index (κ2) is 9.28. The topological polar surface area (TPSA) is 45.7 Å². The molecule has 1 aliphatic rings. The summed E-state index contributed by atoms with van der Waals surface area (Å²) in [6.45, 7) is 12.4. The molecule has 0 aromatic carbocycles. The van der Waals surface area contributed by atoms with Crippen LogP contribution in [-0.2, 0) is 9.22 Å². The first-order valence-corrected chi connectivity index (χ1v) is 11.2. The molecular weight excluding hydrogens is 386 g/mol. The molecule has 5 nitrogen and oxygen atoms in total. The van der Waals surface area contributed by atoms with E-state index in [1.807, 2.05) is 31.3 Å². The van der Waals surface area contributed by atoms with E-state index < -0.39 is 0 Å². The number of thioether (sulfide) groups is 1. The average molecular weight is 421 g/mol. The maximum Gasteiger partial charge on any atom is 0.246 e. The number of rotatable bonds is 8. The normalized spacial score (nSPS) is 22.2. The van der Waals surface area contributed by atoms with Crippen LogP contribution in [0.25, 0.3) is 0 Å². The van der Waals surface area contributed by atoms with Crippen LogP contribution in [0.2, 0.25) is 0 Å². The summed E-state index contributed by atoms with van der Waals surface area (Å²) in [5.74, 6) is 0.215. The molecule has 2 rings (SSSR count). The molecule has 3 radical (unpaired) electrons. The molecule has 1 aliphatic heterocycles. The van der Waals surface area contributed by atoms with Gasteiger partial charge in [0.1, 0.15) is 5.37 Å². The molecule has 0 saturated carbocycles. The smallest absolute Gasteiger partial charge is 0.246 e. The number of nitrogens with zero attached hydrogens (tertiary/aromatic N) is 3. The van der Waals surface area contributed by atoms with Crippen LogP contribution >= 0.6 is 11.8 Å². The quantitative estimate of drug-likeness (QED) is 0.602. The van der Waals surface area contributed by atoms with E-state index in [9.17, 15) is 4.79 Å². The van der Waals surface area contributed by atoms with Crippen molar-refractivity contribution in [3.05, 3.63) is 30.1 Å². The Balaban J connectivity index is 2.28. The van der Waals surface area contributed by atoms with Gasteiger partial charge in [-0.1, -0.05) is 40.7 Å². The summed E-state index contributed by atoms with van der Waals surface area (Å²) >= 11 is 1.75. The zero-order valence-corrected chi connectivity index (χ0v) is 20.0. The first kappa shape index (κ1) is 23.4. The Morgan fingerprint density at radius 2 is 2.00 bits per heavy atom. The highest BCUT2D eigenvalue weighted by molar-refractivity contribution is 8.01. The molecule has 2 heterocycles. The Bertz CT molecular complexity index is 649. The number of pyridine rings is 1. The van der Waals surface area contributed by atoms with Gasteiger partial charge in [-0.15, -0.1) is 11.8 Å². The lowest BCUT2D eigenvalue weighted by atomic mass is 9.75. The number of carbonyl (C=O) groups is 1. The molecule has 0 N–H and O–H groups in total. The number of likely N-dealkylation sites (N-methyl/N-ethyl adjacent to an activating group) is 1. The Morgan fingerprint density at radius 3 is 2.50 bits per heavy atom. The van der Waals surface area contributed by atoms with Gasteiger partial charge in [0.15, 0.2) is 0 Å². The molecule has 155 valence electrons. The standard InChI is InChI=1S/C21H34N3O2SSi/c1-20(2,3)16(26-28)13-21(4,5)17-18(25)24(12-11-23(6)7)19(27-17)15-9-8-10-22-14-15/h8-10,14,16-17,19H,11-13H2,1-7H3. The lowest BCUT2D eigenvalue weighted by Crippen LogP contribution is -2.43. The Hall–Kier alpha value is -0.893. The van der Waals surface area contributed by atoms with Crippen LogP contribution < -0.4 is 0 Å². The lowest BCUT2D eigenvalue weighted by molar-refractivity contribution is -0.132. The van der Waals surface area contributed by atoms with E-state index in [0.29, 0.717) is 6.54 Å². The van der Waals surface area contributed by atoms with Gasteiger partial charge in [0.25, 0.3) is 0 Å². The van der Waals surface area contributed by atoms with E-state index in [-0.39, 0.29) is 33.5 Å². The highest BCUT2D eigenvalue weighted by Gasteiger charge is 2.49. The van der Waals surface area contributed by atoms with Crippen LogP contribution in [0.15, 0.2) is 24.5 Å². The minimum absolute atomic E-state index is 0.00271. The first-order valence-electron chi connectivity index (χ1n) is 9.80. The van der Waals surface area contributed by atoms with Gasteiger partial charge < -0.3 is 14.2 Å². The SMILES string of the molecule is CN(C)CCN1C(=O)C(C(C)(C)CC(O[Si])C(C)(C)C)SC1c1cccnc1. The summed E-state index contributed by atoms with van der Waals surface area (Å²) in [6.07, 6.45) is 4.46. The maximum absolute atomic E-state index is 13.5. The van der Waals surface area contributed by atoms with Gasteiger partial charge in [-0.2, -0.15) is 0 Å². The van der Waals surface area contributed by atoms with Crippen LogP contribution in [0.3, 0.4) is 0 Å². The van der Waals surface area contributed by atoms with Crippen molar-refractivity contribution < 1.29 is 9.22 Å². The summed E-state index contributed by atoms with van der Waals surface area (Å²) in [4.78, 5) is 21.9. The van der Waals surface area contributed by atoms with Crippen molar-refractivity contribution in [1.82, 2.24) is 14.8 Å². The van der Waals surface area contributed by atoms with Gasteiger partial charge in [0.05, 0.1) is 5.25 Å². The fourth-order valence-corrected chi connectivity index (χ4v) is 5.53. The Kier molecular flexibility index (Phi) is 7.75. The number of aromatic nitrogens is 1. The van der Waals surface area contributed by atoms with E-state index in [2.05, 4.69) is 61.1 Å². The van der Waals surface area contributed by atoms with Crippen molar-refractivity contribution in [2.45, 2.75) is 57.8 Å². The van der Waals surface area contributed by atoms with Crippen molar-refractivity contribution in [2.24, 2.45) is 10.8 Å². The lowest BCUT2D eigenvalue weighted by Gasteiger charge is -2.38. The van der Waals surface area contributed by atoms with Gasteiger partial charge in [0.2, 0.25) is 16.4 Å². The second-order valence-corrected chi connectivity index (χ2v) is 11.1. The van der Waals surface area contributed by atoms with Crippen molar-refractivity contribution >= 4 is 28.2 Å². The third-order valence-electron chi connectivity index (χ3n) is 5.34. The van der Waals surface area contributed by atoms with Gasteiger partial charge in [-0.05, 0) is 37.4 Å². The highest BCUT2D eigenvalue weighted by Crippen LogP contribution is 2.51. The van der Waals surface area contributed by atoms with Crippen LogP contribution in [0.4, 0.5) is 0 Å². The van der Waals surface area contributed by atoms with Crippen molar-refractivity contribution in [1.29, 1.82) is 0 Å². The summed E-state index contributed by atoms with van der Waals surface area (Å²) in [5.41, 5.74) is 0.861. The predicted molar refractivity (Wildman–Crippen MR) is 117 cm³/mol. The zero-order valence-electron chi connectivity index (χ0n) is 18.2. The molecule has 3 atom stereocenters. The fraction of sp³-hybridized carbons (Fsp3) is 0.714. The molecule has 7 heteroatoms. The molecule has 1 aromatic rings. The number of carbonyl (C=O) groups excluding carboxylic acids is 1. The Labute approximate surface area is 178 Å². The first-order chi connectivity index (χ1) is 13.0. The molecule has 0 aliphatic carbocycles. The van der Waals surface area contributed by atoms with Crippen LogP contribution in [0, 0.1) is 10.8 Å². The van der Waals surface area contributed by atoms with E-state index in [1.165, 1.54) is 0 Å². The van der Waals surface area contributed by atoms with Gasteiger partial charge in [-0.3, -0.25) is 9.78 Å². The second-order valence-electron chi connectivity index (χ2n) is 9.65. The average Bonchev–Trinajstić information content (AvgIpc) is 2.95. The van der Waals surface area contributed by atoms with Gasteiger partial charge in [-0.25, -0.2) is 0 Å². The predicted octanol–water partition coefficient (Wildman–Crippen LogP) is 3.52. The number of hydrogen-bond donors (Lipinski definition) is 0. The third-order valence-corrected chi connectivity index (χ3v) is 7.52. The zero-order chi connectivity index (χ0) is 21.1. The van der Waals surface area contributed by atoms with Crippen molar-refractivity contribution in [3.63, 3.8) is 0 Å². The molecule has 0 spiro atoms. The highest BCUT2D eigenvalue weighted by atomic mass is 32.2. The minimum Gasteiger partial charge on any atom is -0.415 e. The van der Waals surface area contributed by atoms with E-state index in [0.717, 1.165) is 18.5 Å². The van der Waals surface area contributed by atoms with E-state index >= 15 is 0 Å². The monoisotopic (exact) mass is 420 g/mol. The minimum atomic E-state index is -0.209.